The van der Waals surface area contributed by atoms with Gasteiger partial charge in [0.2, 0.25) is 0 Å². The number of nitrogens with zero attached hydrogens (tertiary/aromatic N) is 1. The number of carbonyl (C=O) groups is 2. The Morgan fingerprint density at radius 3 is 2.47 bits per heavy atom. The number of hydrogen-bond donors (Lipinski definition) is 1. The smallest absolute Gasteiger partial charge is 0.410 e. The Hall–Kier alpha value is -2.06. The molecule has 2 saturated heterocycles. The van der Waals surface area contributed by atoms with Crippen molar-refractivity contribution >= 4 is 23.7 Å². The number of halogens is 2. The van der Waals surface area contributed by atoms with Crippen LogP contribution in [0.5, 0.6) is 5.75 Å². The first-order chi connectivity index (χ1) is 15.0. The molecule has 3 aliphatic rings. The quantitative estimate of drug-likeness (QED) is 0.712. The van der Waals surface area contributed by atoms with Gasteiger partial charge in [-0.25, -0.2) is 9.18 Å². The molecule has 1 spiro atoms. The first-order valence-electron chi connectivity index (χ1n) is 10.9. The van der Waals surface area contributed by atoms with E-state index >= 15 is 4.39 Å². The van der Waals surface area contributed by atoms with Gasteiger partial charge in [0.25, 0.3) is 0 Å². The van der Waals surface area contributed by atoms with E-state index in [1.54, 1.807) is 31.7 Å². The zero-order chi connectivity index (χ0) is 23.3. The average molecular weight is 470 g/mol. The number of carbonyl (C=O) groups excluding carboxylic acids is 1. The zero-order valence-electron chi connectivity index (χ0n) is 18.6. The number of hydrogen-bond acceptors (Lipinski definition) is 5. The minimum atomic E-state index is -1.07. The SMILES string of the molecule is CC(C)(C)OC(=O)N1CCC(C(C(=O)O)c2cc3c(c(F)c2Cl)CC2(COC2)CO3)CC1. The molecular formula is C23H29ClFNO6. The van der Waals surface area contributed by atoms with Gasteiger partial charge in [-0.15, -0.1) is 0 Å². The summed E-state index contributed by atoms with van der Waals surface area (Å²) in [5.41, 5.74) is -0.209. The minimum absolute atomic E-state index is 0.161. The first kappa shape index (κ1) is 23.1. The molecule has 0 saturated carbocycles. The molecule has 2 fully saturated rings. The summed E-state index contributed by atoms with van der Waals surface area (Å²) >= 11 is 6.38. The first-order valence-corrected chi connectivity index (χ1v) is 11.3. The highest BCUT2D eigenvalue weighted by molar-refractivity contribution is 6.32. The van der Waals surface area contributed by atoms with Crippen LogP contribution in [0.15, 0.2) is 6.07 Å². The predicted octanol–water partition coefficient (Wildman–Crippen LogP) is 4.25. The van der Waals surface area contributed by atoms with Crippen molar-refractivity contribution in [3.8, 4) is 5.75 Å². The molecule has 1 N–H and O–H groups in total. The molecule has 0 aliphatic carbocycles. The zero-order valence-corrected chi connectivity index (χ0v) is 19.3. The topological polar surface area (TPSA) is 85.3 Å². The van der Waals surface area contributed by atoms with Crippen LogP contribution in [0.1, 0.15) is 50.7 Å². The molecule has 32 heavy (non-hydrogen) atoms. The van der Waals surface area contributed by atoms with E-state index in [4.69, 9.17) is 25.8 Å². The van der Waals surface area contributed by atoms with Crippen molar-refractivity contribution in [2.45, 2.75) is 51.6 Å². The minimum Gasteiger partial charge on any atom is -0.492 e. The van der Waals surface area contributed by atoms with Crippen LogP contribution in [0.3, 0.4) is 0 Å². The number of fused-ring (bicyclic) bond motifs is 1. The van der Waals surface area contributed by atoms with Crippen LogP contribution in [-0.2, 0) is 20.7 Å². The molecule has 176 valence electrons. The van der Waals surface area contributed by atoms with E-state index in [0.29, 0.717) is 63.5 Å². The Labute approximate surface area is 191 Å². The molecule has 1 amide bonds. The van der Waals surface area contributed by atoms with E-state index < -0.39 is 29.4 Å². The monoisotopic (exact) mass is 469 g/mol. The molecule has 1 unspecified atom stereocenters. The van der Waals surface area contributed by atoms with Crippen molar-refractivity contribution in [1.82, 2.24) is 4.90 Å². The molecule has 0 radical (unpaired) electrons. The highest BCUT2D eigenvalue weighted by Gasteiger charge is 2.45. The third-order valence-corrected chi connectivity index (χ3v) is 6.85. The predicted molar refractivity (Wildman–Crippen MR) is 115 cm³/mol. The molecule has 0 bridgehead atoms. The Morgan fingerprint density at radius 1 is 1.28 bits per heavy atom. The molecule has 0 aromatic heterocycles. The maximum atomic E-state index is 15.2. The second-order valence-corrected chi connectivity index (χ2v) is 10.5. The summed E-state index contributed by atoms with van der Waals surface area (Å²) in [5, 5.41) is 9.85. The fourth-order valence-corrected chi connectivity index (χ4v) is 5.03. The van der Waals surface area contributed by atoms with E-state index in [9.17, 15) is 14.7 Å². The van der Waals surface area contributed by atoms with Crippen LogP contribution in [0.4, 0.5) is 9.18 Å². The number of ether oxygens (including phenoxy) is 3. The number of piperidine rings is 1. The van der Waals surface area contributed by atoms with Gasteiger partial charge in [0.05, 0.1) is 36.2 Å². The Bertz CT molecular complexity index is 918. The van der Waals surface area contributed by atoms with Crippen molar-refractivity contribution in [1.29, 1.82) is 0 Å². The number of rotatable bonds is 3. The highest BCUT2D eigenvalue weighted by Crippen LogP contribution is 2.46. The van der Waals surface area contributed by atoms with Crippen LogP contribution in [-0.4, -0.2) is 60.6 Å². The average Bonchev–Trinajstić information content (AvgIpc) is 2.69. The molecular weight excluding hydrogens is 441 g/mol. The molecule has 3 aliphatic heterocycles. The third kappa shape index (κ3) is 4.39. The molecule has 4 rings (SSSR count). The molecule has 9 heteroatoms. The highest BCUT2D eigenvalue weighted by atomic mass is 35.5. The lowest BCUT2D eigenvalue weighted by Gasteiger charge is -2.44. The lowest BCUT2D eigenvalue weighted by Crippen LogP contribution is -2.50. The molecule has 1 aromatic carbocycles. The summed E-state index contributed by atoms with van der Waals surface area (Å²) in [7, 11) is 0. The van der Waals surface area contributed by atoms with Gasteiger partial charge in [0, 0.05) is 18.7 Å². The van der Waals surface area contributed by atoms with E-state index in [1.165, 1.54) is 0 Å². The van der Waals surface area contributed by atoms with Crippen molar-refractivity contribution in [3.63, 3.8) is 0 Å². The fourth-order valence-electron chi connectivity index (χ4n) is 4.74. The maximum Gasteiger partial charge on any atom is 0.410 e. The van der Waals surface area contributed by atoms with Gasteiger partial charge < -0.3 is 24.2 Å². The van der Waals surface area contributed by atoms with Crippen molar-refractivity contribution in [3.05, 3.63) is 28.0 Å². The number of aliphatic carboxylic acids is 1. The summed E-state index contributed by atoms with van der Waals surface area (Å²) in [5.74, 6) is -2.60. The Morgan fingerprint density at radius 2 is 1.94 bits per heavy atom. The summed E-state index contributed by atoms with van der Waals surface area (Å²) in [6.45, 7) is 7.57. The number of amides is 1. The van der Waals surface area contributed by atoms with Gasteiger partial charge >= 0.3 is 12.1 Å². The lowest BCUT2D eigenvalue weighted by atomic mass is 9.76. The number of likely N-dealkylation sites (tertiary alicyclic amines) is 1. The second kappa shape index (κ2) is 8.37. The molecule has 3 heterocycles. The van der Waals surface area contributed by atoms with E-state index in [1.807, 2.05) is 0 Å². The van der Waals surface area contributed by atoms with Crippen LogP contribution in [0.2, 0.25) is 5.02 Å². The van der Waals surface area contributed by atoms with Crippen LogP contribution in [0.25, 0.3) is 0 Å². The number of carboxylic acid groups (broad SMARTS) is 1. The Kier molecular flexibility index (Phi) is 6.05. The molecule has 7 nitrogen and oxygen atoms in total. The number of carboxylic acids is 1. The molecule has 1 atom stereocenters. The maximum absolute atomic E-state index is 15.2. The van der Waals surface area contributed by atoms with E-state index in [0.717, 1.165) is 0 Å². The van der Waals surface area contributed by atoms with Gasteiger partial charge in [-0.05, 0) is 57.6 Å². The van der Waals surface area contributed by atoms with Crippen molar-refractivity contribution in [2.24, 2.45) is 11.3 Å². The third-order valence-electron chi connectivity index (χ3n) is 6.46. The lowest BCUT2D eigenvalue weighted by molar-refractivity contribution is -0.140. The molecule has 1 aromatic rings. The van der Waals surface area contributed by atoms with Gasteiger partial charge in [0.15, 0.2) is 0 Å². The summed E-state index contributed by atoms with van der Waals surface area (Å²) in [6.07, 6.45) is 0.946. The van der Waals surface area contributed by atoms with E-state index in [2.05, 4.69) is 0 Å². The summed E-state index contributed by atoms with van der Waals surface area (Å²) in [6, 6.07) is 1.59. The van der Waals surface area contributed by atoms with Gasteiger partial charge in [-0.1, -0.05) is 11.6 Å². The second-order valence-electron chi connectivity index (χ2n) is 10.1. The van der Waals surface area contributed by atoms with Gasteiger partial charge in [-0.2, -0.15) is 0 Å². The largest absolute Gasteiger partial charge is 0.492 e. The fraction of sp³-hybridized carbons (Fsp3) is 0.652. The Balaban J connectivity index is 1.53. The van der Waals surface area contributed by atoms with E-state index in [-0.39, 0.29) is 21.9 Å². The van der Waals surface area contributed by atoms with Crippen molar-refractivity contribution < 1.29 is 33.3 Å². The van der Waals surface area contributed by atoms with Gasteiger partial charge in [0.1, 0.15) is 17.2 Å². The number of benzene rings is 1. The van der Waals surface area contributed by atoms with Gasteiger partial charge in [-0.3, -0.25) is 4.79 Å². The van der Waals surface area contributed by atoms with Crippen LogP contribution < -0.4 is 4.74 Å². The normalized spacial score (nSPS) is 21.3. The summed E-state index contributed by atoms with van der Waals surface area (Å²) < 4.78 is 31.8. The van der Waals surface area contributed by atoms with Crippen LogP contribution in [0, 0.1) is 17.2 Å². The van der Waals surface area contributed by atoms with Crippen LogP contribution >= 0.6 is 11.6 Å². The van der Waals surface area contributed by atoms with Crippen molar-refractivity contribution in [2.75, 3.05) is 32.9 Å². The standard InChI is InChI=1S/C23H29ClFNO6/c1-22(2,3)32-21(29)26-6-4-13(5-7-26)17(20(27)28)14-8-16-15(19(25)18(14)24)9-23(12-31-16)10-30-11-23/h8,13,17H,4-7,9-12H2,1-3H3,(H,27,28). The summed E-state index contributed by atoms with van der Waals surface area (Å²) in [4.78, 5) is 26.2.